The van der Waals surface area contributed by atoms with Crippen molar-refractivity contribution >= 4 is 23.1 Å². The molecule has 1 fully saturated rings. The number of anilines is 2. The summed E-state index contributed by atoms with van der Waals surface area (Å²) in [4.78, 5) is 29.5. The van der Waals surface area contributed by atoms with Crippen LogP contribution in [0.4, 0.5) is 17.2 Å². The van der Waals surface area contributed by atoms with Gasteiger partial charge in [-0.25, -0.2) is 4.98 Å². The van der Waals surface area contributed by atoms with Gasteiger partial charge in [0.25, 0.3) is 11.6 Å². The van der Waals surface area contributed by atoms with Crippen LogP contribution in [0.5, 0.6) is 5.75 Å². The number of amides is 1. The Balaban J connectivity index is 1.89. The minimum absolute atomic E-state index is 0.0819. The predicted octanol–water partition coefficient (Wildman–Crippen LogP) is 2.09. The number of non-ortho nitro benzene ring substituents is 1. The van der Waals surface area contributed by atoms with E-state index in [0.29, 0.717) is 37.8 Å². The normalized spacial score (nSPS) is 14.0. The fourth-order valence-electron chi connectivity index (χ4n) is 2.70. The van der Waals surface area contributed by atoms with Gasteiger partial charge in [0.2, 0.25) is 0 Å². The molecule has 1 saturated heterocycles. The van der Waals surface area contributed by atoms with Gasteiger partial charge in [-0.2, -0.15) is 0 Å². The first kappa shape index (κ1) is 17.6. The Morgan fingerprint density at radius 1 is 1.35 bits per heavy atom. The summed E-state index contributed by atoms with van der Waals surface area (Å²) < 4.78 is 10.5. The summed E-state index contributed by atoms with van der Waals surface area (Å²) >= 11 is 0. The van der Waals surface area contributed by atoms with Crippen LogP contribution in [0.25, 0.3) is 0 Å². The average molecular weight is 358 g/mol. The third-order valence-corrected chi connectivity index (χ3v) is 3.98. The lowest BCUT2D eigenvalue weighted by Crippen LogP contribution is -2.37. The van der Waals surface area contributed by atoms with Crippen LogP contribution >= 0.6 is 0 Å². The van der Waals surface area contributed by atoms with Crippen LogP contribution in [0.15, 0.2) is 36.5 Å². The topological polar surface area (TPSA) is 107 Å². The molecule has 9 nitrogen and oxygen atoms in total. The molecule has 0 atom stereocenters. The Morgan fingerprint density at radius 3 is 2.81 bits per heavy atom. The molecular weight excluding hydrogens is 340 g/mol. The molecule has 0 radical (unpaired) electrons. The Kier molecular flexibility index (Phi) is 5.28. The summed E-state index contributed by atoms with van der Waals surface area (Å²) in [6, 6.07) is 7.33. The third-order valence-electron chi connectivity index (χ3n) is 3.98. The molecule has 0 unspecified atom stereocenters. The Bertz CT molecular complexity index is 821. The molecule has 1 aromatic carbocycles. The number of carbonyl (C=O) groups excluding carboxylic acids is 1. The van der Waals surface area contributed by atoms with E-state index in [9.17, 15) is 14.9 Å². The number of rotatable bonds is 5. The largest absolute Gasteiger partial charge is 0.496 e. The van der Waals surface area contributed by atoms with E-state index in [-0.39, 0.29) is 17.0 Å². The van der Waals surface area contributed by atoms with E-state index in [2.05, 4.69) is 10.3 Å². The number of pyridine rings is 1. The molecule has 1 aliphatic rings. The quantitative estimate of drug-likeness (QED) is 0.644. The number of hydrogen-bond acceptors (Lipinski definition) is 7. The van der Waals surface area contributed by atoms with Crippen molar-refractivity contribution in [3.63, 3.8) is 0 Å². The number of nitrogens with one attached hydrogen (secondary N) is 1. The second-order valence-corrected chi connectivity index (χ2v) is 5.57. The van der Waals surface area contributed by atoms with E-state index >= 15 is 0 Å². The van der Waals surface area contributed by atoms with E-state index in [1.54, 1.807) is 18.3 Å². The van der Waals surface area contributed by atoms with Gasteiger partial charge in [-0.3, -0.25) is 14.9 Å². The zero-order valence-corrected chi connectivity index (χ0v) is 14.2. The van der Waals surface area contributed by atoms with E-state index < -0.39 is 10.8 Å². The molecular formula is C17H18N4O5. The highest BCUT2D eigenvalue weighted by molar-refractivity contribution is 6.07. The number of hydrogen-bond donors (Lipinski definition) is 1. The number of carbonyl (C=O) groups is 1. The van der Waals surface area contributed by atoms with Crippen LogP contribution in [0.2, 0.25) is 0 Å². The lowest BCUT2D eigenvalue weighted by molar-refractivity contribution is -0.384. The number of methoxy groups -OCH3 is 1. The molecule has 2 heterocycles. The molecule has 1 amide bonds. The lowest BCUT2D eigenvalue weighted by atomic mass is 10.1. The molecule has 3 rings (SSSR count). The molecule has 26 heavy (non-hydrogen) atoms. The molecule has 1 aliphatic heterocycles. The van der Waals surface area contributed by atoms with Crippen LogP contribution < -0.4 is 15.0 Å². The molecule has 0 aliphatic carbocycles. The van der Waals surface area contributed by atoms with E-state index in [4.69, 9.17) is 9.47 Å². The van der Waals surface area contributed by atoms with Crippen molar-refractivity contribution in [1.29, 1.82) is 0 Å². The maximum Gasteiger partial charge on any atom is 0.270 e. The highest BCUT2D eigenvalue weighted by Gasteiger charge is 2.21. The number of nitrogens with zero attached hydrogens (tertiary/aromatic N) is 3. The molecule has 9 heteroatoms. The van der Waals surface area contributed by atoms with Crippen molar-refractivity contribution < 1.29 is 19.2 Å². The summed E-state index contributed by atoms with van der Waals surface area (Å²) in [6.07, 6.45) is 1.65. The molecule has 2 aromatic rings. The first-order valence-corrected chi connectivity index (χ1v) is 8.01. The SMILES string of the molecule is COc1ccc([N+](=O)[O-])cc1C(=O)Nc1cccnc1N1CCOCC1. The highest BCUT2D eigenvalue weighted by atomic mass is 16.6. The fraction of sp³-hybridized carbons (Fsp3) is 0.294. The smallest absolute Gasteiger partial charge is 0.270 e. The maximum absolute atomic E-state index is 12.7. The molecule has 0 saturated carbocycles. The highest BCUT2D eigenvalue weighted by Crippen LogP contribution is 2.28. The van der Waals surface area contributed by atoms with Gasteiger partial charge in [-0.1, -0.05) is 0 Å². The second kappa shape index (κ2) is 7.79. The number of benzene rings is 1. The van der Waals surface area contributed by atoms with Gasteiger partial charge in [0, 0.05) is 31.4 Å². The van der Waals surface area contributed by atoms with Crippen LogP contribution in [0, 0.1) is 10.1 Å². The lowest BCUT2D eigenvalue weighted by Gasteiger charge is -2.29. The van der Waals surface area contributed by atoms with Crippen LogP contribution in [0.1, 0.15) is 10.4 Å². The molecule has 0 bridgehead atoms. The van der Waals surface area contributed by atoms with Crippen molar-refractivity contribution in [2.45, 2.75) is 0 Å². The summed E-state index contributed by atoms with van der Waals surface area (Å²) in [5, 5.41) is 13.8. The molecule has 136 valence electrons. The van der Waals surface area contributed by atoms with Crippen LogP contribution in [-0.4, -0.2) is 49.2 Å². The molecule has 0 spiro atoms. The second-order valence-electron chi connectivity index (χ2n) is 5.57. The van der Waals surface area contributed by atoms with Crippen molar-refractivity contribution in [1.82, 2.24) is 4.98 Å². The van der Waals surface area contributed by atoms with Gasteiger partial charge < -0.3 is 19.7 Å². The first-order chi connectivity index (χ1) is 12.6. The zero-order valence-electron chi connectivity index (χ0n) is 14.2. The Hall–Kier alpha value is -3.20. The standard InChI is InChI=1S/C17H18N4O5/c1-25-15-5-4-12(21(23)24)11-13(15)17(22)19-14-3-2-6-18-16(14)20-7-9-26-10-8-20/h2-6,11H,7-10H2,1H3,(H,19,22). The van der Waals surface area contributed by atoms with Gasteiger partial charge in [0.15, 0.2) is 5.82 Å². The number of nitro groups is 1. The number of nitro benzene ring substituents is 1. The third kappa shape index (κ3) is 3.72. The Labute approximate surface area is 149 Å². The summed E-state index contributed by atoms with van der Waals surface area (Å²) in [7, 11) is 1.40. The summed E-state index contributed by atoms with van der Waals surface area (Å²) in [6.45, 7) is 2.51. The minimum Gasteiger partial charge on any atom is -0.496 e. The van der Waals surface area contributed by atoms with E-state index in [1.165, 1.54) is 25.3 Å². The van der Waals surface area contributed by atoms with Gasteiger partial charge in [-0.15, -0.1) is 0 Å². The molecule has 1 aromatic heterocycles. The first-order valence-electron chi connectivity index (χ1n) is 8.01. The van der Waals surface area contributed by atoms with E-state index in [1.807, 2.05) is 4.90 Å². The van der Waals surface area contributed by atoms with E-state index in [0.717, 1.165) is 0 Å². The van der Waals surface area contributed by atoms with Crippen molar-refractivity contribution in [3.05, 3.63) is 52.2 Å². The number of morpholine rings is 1. The maximum atomic E-state index is 12.7. The summed E-state index contributed by atoms with van der Waals surface area (Å²) in [5.41, 5.74) is 0.418. The number of aromatic nitrogens is 1. The average Bonchev–Trinajstić information content (AvgIpc) is 2.68. The summed E-state index contributed by atoms with van der Waals surface area (Å²) in [5.74, 6) is 0.381. The fourth-order valence-corrected chi connectivity index (χ4v) is 2.70. The minimum atomic E-state index is -0.556. The van der Waals surface area contributed by atoms with Crippen LogP contribution in [0.3, 0.4) is 0 Å². The van der Waals surface area contributed by atoms with Gasteiger partial charge in [0.1, 0.15) is 5.75 Å². The van der Waals surface area contributed by atoms with Crippen LogP contribution in [-0.2, 0) is 4.74 Å². The van der Waals surface area contributed by atoms with Gasteiger partial charge in [-0.05, 0) is 18.2 Å². The van der Waals surface area contributed by atoms with Gasteiger partial charge in [0.05, 0.1) is 36.5 Å². The number of ether oxygens (including phenoxy) is 2. The monoisotopic (exact) mass is 358 g/mol. The predicted molar refractivity (Wildman–Crippen MR) is 94.9 cm³/mol. The molecule has 1 N–H and O–H groups in total. The zero-order chi connectivity index (χ0) is 18.5. The van der Waals surface area contributed by atoms with Crippen molar-refractivity contribution in [2.75, 3.05) is 43.6 Å². The van der Waals surface area contributed by atoms with Crippen molar-refractivity contribution in [2.24, 2.45) is 0 Å². The van der Waals surface area contributed by atoms with Crippen molar-refractivity contribution in [3.8, 4) is 5.75 Å². The van der Waals surface area contributed by atoms with Gasteiger partial charge >= 0.3 is 0 Å². The Morgan fingerprint density at radius 2 is 2.12 bits per heavy atom.